The average Bonchev–Trinajstić information content (AvgIpc) is 2.96. The summed E-state index contributed by atoms with van der Waals surface area (Å²) in [7, 11) is 0. The fourth-order valence-corrected chi connectivity index (χ4v) is 6.13. The first-order valence-corrected chi connectivity index (χ1v) is 16.1. The van der Waals surface area contributed by atoms with Crippen LogP contribution in [0.2, 0.25) is 5.02 Å². The Morgan fingerprint density at radius 3 is 2.55 bits per heavy atom. The molecule has 0 aliphatic carbocycles. The van der Waals surface area contributed by atoms with Crippen LogP contribution in [0.5, 0.6) is 5.75 Å². The van der Waals surface area contributed by atoms with Crippen LogP contribution >= 0.6 is 11.6 Å². The van der Waals surface area contributed by atoms with Gasteiger partial charge >= 0.3 is 6.09 Å². The van der Waals surface area contributed by atoms with Crippen molar-refractivity contribution in [1.82, 2.24) is 10.2 Å². The van der Waals surface area contributed by atoms with Gasteiger partial charge in [0.05, 0.1) is 5.69 Å². The first-order valence-electron chi connectivity index (χ1n) is 15.7. The second kappa shape index (κ2) is 15.1. The highest BCUT2D eigenvalue weighted by molar-refractivity contribution is 6.31. The number of Topliss-reactive ketones (excluding diaryl/α,β-unsaturated/α-hetero) is 1. The molecular weight excluding hydrogens is 578 g/mol. The van der Waals surface area contributed by atoms with Gasteiger partial charge in [0.1, 0.15) is 11.4 Å². The lowest BCUT2D eigenvalue weighted by atomic mass is 9.87. The fourth-order valence-electron chi connectivity index (χ4n) is 5.96. The number of nitrogens with zero attached hydrogens (tertiary/aromatic N) is 2. The number of hydrogen-bond acceptors (Lipinski definition) is 6. The summed E-state index contributed by atoms with van der Waals surface area (Å²) in [5.74, 6) is 0.811. The minimum Gasteiger partial charge on any atom is -0.482 e. The van der Waals surface area contributed by atoms with Gasteiger partial charge in [-0.15, -0.1) is 0 Å². The van der Waals surface area contributed by atoms with Crippen LogP contribution in [0.25, 0.3) is 5.57 Å². The molecule has 9 heteroatoms. The Morgan fingerprint density at radius 2 is 1.80 bits per heavy atom. The van der Waals surface area contributed by atoms with Gasteiger partial charge in [-0.3, -0.25) is 14.5 Å². The van der Waals surface area contributed by atoms with Crippen LogP contribution in [0.1, 0.15) is 89.1 Å². The number of para-hydroxylation sites is 2. The Labute approximate surface area is 266 Å². The molecule has 0 spiro atoms. The first kappa shape index (κ1) is 33.5. The van der Waals surface area contributed by atoms with Crippen molar-refractivity contribution in [1.29, 1.82) is 0 Å². The molecule has 2 unspecified atom stereocenters. The van der Waals surface area contributed by atoms with E-state index in [1.54, 1.807) is 6.07 Å². The molecular formula is C35H46ClN3O5. The van der Waals surface area contributed by atoms with E-state index in [0.717, 1.165) is 61.2 Å². The van der Waals surface area contributed by atoms with Crippen molar-refractivity contribution in [3.8, 4) is 5.75 Å². The molecule has 8 nitrogen and oxygen atoms in total. The van der Waals surface area contributed by atoms with Gasteiger partial charge in [-0.05, 0) is 89.3 Å². The van der Waals surface area contributed by atoms with Crippen LogP contribution in [-0.4, -0.2) is 66.6 Å². The summed E-state index contributed by atoms with van der Waals surface area (Å²) >= 11 is 6.36. The number of fused-ring (bicyclic) bond motifs is 1. The van der Waals surface area contributed by atoms with E-state index in [0.29, 0.717) is 30.1 Å². The molecule has 0 saturated carbocycles. The number of ketones is 1. The number of nitrogens with one attached hydrogen (secondary N) is 1. The minimum absolute atomic E-state index is 0.0287. The van der Waals surface area contributed by atoms with E-state index in [1.807, 2.05) is 62.1 Å². The quantitative estimate of drug-likeness (QED) is 0.197. The molecule has 2 aromatic rings. The second-order valence-corrected chi connectivity index (χ2v) is 13.2. The van der Waals surface area contributed by atoms with Crippen molar-refractivity contribution in [2.75, 3.05) is 31.1 Å². The Kier molecular flexibility index (Phi) is 11.5. The molecule has 238 valence electrons. The maximum absolute atomic E-state index is 13.4. The zero-order chi connectivity index (χ0) is 31.9. The van der Waals surface area contributed by atoms with Gasteiger partial charge < -0.3 is 19.7 Å². The molecule has 0 radical (unpaired) electrons. The maximum atomic E-state index is 13.4. The highest BCUT2D eigenvalue weighted by atomic mass is 35.5. The van der Waals surface area contributed by atoms with E-state index in [4.69, 9.17) is 21.1 Å². The summed E-state index contributed by atoms with van der Waals surface area (Å²) in [5.41, 5.74) is 3.10. The molecule has 2 aliphatic heterocycles. The van der Waals surface area contributed by atoms with E-state index in [-0.39, 0.29) is 30.4 Å². The molecule has 1 N–H and O–H groups in total. The highest BCUT2D eigenvalue weighted by Gasteiger charge is 2.30. The summed E-state index contributed by atoms with van der Waals surface area (Å²) in [4.78, 5) is 42.1. The zero-order valence-corrected chi connectivity index (χ0v) is 27.4. The molecule has 2 aromatic carbocycles. The van der Waals surface area contributed by atoms with Crippen LogP contribution in [-0.2, 0) is 9.53 Å². The van der Waals surface area contributed by atoms with Crippen molar-refractivity contribution in [2.24, 2.45) is 0 Å². The van der Waals surface area contributed by atoms with Crippen molar-refractivity contribution < 1.29 is 23.9 Å². The number of anilines is 1. The predicted molar refractivity (Wildman–Crippen MR) is 176 cm³/mol. The van der Waals surface area contributed by atoms with Crippen LogP contribution in [0.15, 0.2) is 48.5 Å². The summed E-state index contributed by atoms with van der Waals surface area (Å²) in [6.45, 7) is 11.8. The second-order valence-electron chi connectivity index (χ2n) is 12.7. The molecule has 2 atom stereocenters. The maximum Gasteiger partial charge on any atom is 0.407 e. The van der Waals surface area contributed by atoms with Gasteiger partial charge in [-0.1, -0.05) is 48.7 Å². The number of unbranched alkanes of at least 4 members (excludes halogenated alkanes) is 3. The molecule has 0 saturated heterocycles. The fraction of sp³-hybridized carbons (Fsp3) is 0.514. The minimum atomic E-state index is -0.509. The van der Waals surface area contributed by atoms with Crippen molar-refractivity contribution >= 4 is 40.6 Å². The first-order chi connectivity index (χ1) is 20.9. The molecule has 2 heterocycles. The van der Waals surface area contributed by atoms with Gasteiger partial charge in [0.15, 0.2) is 12.4 Å². The van der Waals surface area contributed by atoms with Gasteiger partial charge in [0.25, 0.3) is 5.91 Å². The van der Waals surface area contributed by atoms with Crippen molar-refractivity contribution in [3.05, 3.63) is 64.7 Å². The standard InChI is InChI=1S/C35H46ClN3O5/c1-24-20-26(21-25(2)38(24)18-19-39-30-12-9-10-14-32(30)43-23-33(39)41)28-16-15-27(36)22-29(28)31(40)13-8-6-7-11-17-37-34(42)44-35(3,4)5/h9-10,12,14-16,20,22,24-25H,6-8,11,13,17-19,21,23H2,1-5H3,(H,37,42). The molecule has 0 bridgehead atoms. The number of halogens is 1. The van der Waals surface area contributed by atoms with Crippen molar-refractivity contribution in [2.45, 2.75) is 90.8 Å². The summed E-state index contributed by atoms with van der Waals surface area (Å²) in [6.07, 6.45) is 6.52. The number of rotatable bonds is 12. The third-order valence-electron chi connectivity index (χ3n) is 8.06. The molecule has 0 fully saturated rings. The third kappa shape index (κ3) is 9.08. The zero-order valence-electron chi connectivity index (χ0n) is 26.7. The molecule has 0 aromatic heterocycles. The van der Waals surface area contributed by atoms with Crippen LogP contribution in [0.4, 0.5) is 10.5 Å². The van der Waals surface area contributed by atoms with Crippen LogP contribution in [0.3, 0.4) is 0 Å². The Balaban J connectivity index is 1.32. The topological polar surface area (TPSA) is 88.2 Å². The van der Waals surface area contributed by atoms with E-state index in [1.165, 1.54) is 0 Å². The number of carbonyl (C=O) groups is 3. The average molecular weight is 624 g/mol. The normalized spacial score (nSPS) is 18.7. The van der Waals surface area contributed by atoms with E-state index >= 15 is 0 Å². The van der Waals surface area contributed by atoms with Crippen LogP contribution in [0, 0.1) is 0 Å². The SMILES string of the molecule is CC1C=C(c2ccc(Cl)cc2C(=O)CCCCCCNC(=O)OC(C)(C)C)CC(C)N1CCN1C(=O)COc2ccccc21. The lowest BCUT2D eigenvalue weighted by Crippen LogP contribution is -2.49. The number of ether oxygens (including phenoxy) is 2. The summed E-state index contributed by atoms with van der Waals surface area (Å²) < 4.78 is 10.9. The largest absolute Gasteiger partial charge is 0.482 e. The van der Waals surface area contributed by atoms with Gasteiger partial charge in [0, 0.05) is 48.7 Å². The van der Waals surface area contributed by atoms with Gasteiger partial charge in [-0.25, -0.2) is 4.79 Å². The molecule has 44 heavy (non-hydrogen) atoms. The number of hydrogen-bond donors (Lipinski definition) is 1. The molecule has 4 rings (SSSR count). The Morgan fingerprint density at radius 1 is 1.05 bits per heavy atom. The number of carbonyl (C=O) groups excluding carboxylic acids is 3. The van der Waals surface area contributed by atoms with Crippen molar-refractivity contribution in [3.63, 3.8) is 0 Å². The summed E-state index contributed by atoms with van der Waals surface area (Å²) in [5, 5.41) is 3.34. The Hall–Kier alpha value is -3.36. The van der Waals surface area contributed by atoms with E-state index < -0.39 is 11.7 Å². The summed E-state index contributed by atoms with van der Waals surface area (Å²) in [6, 6.07) is 13.7. The lowest BCUT2D eigenvalue weighted by Gasteiger charge is -2.40. The number of amides is 2. The monoisotopic (exact) mass is 623 g/mol. The van der Waals surface area contributed by atoms with Gasteiger partial charge in [-0.2, -0.15) is 0 Å². The Bertz CT molecular complexity index is 1370. The molecule has 2 aliphatic rings. The number of benzene rings is 2. The van der Waals surface area contributed by atoms with Gasteiger partial charge in [0.2, 0.25) is 0 Å². The number of alkyl carbamates (subject to hydrolysis) is 1. The lowest BCUT2D eigenvalue weighted by molar-refractivity contribution is -0.121. The molecule has 2 amide bonds. The third-order valence-corrected chi connectivity index (χ3v) is 8.30. The van der Waals surface area contributed by atoms with E-state index in [9.17, 15) is 14.4 Å². The smallest absolute Gasteiger partial charge is 0.407 e. The predicted octanol–water partition coefficient (Wildman–Crippen LogP) is 7.29. The van der Waals surface area contributed by atoms with Crippen LogP contribution < -0.4 is 15.0 Å². The highest BCUT2D eigenvalue weighted by Crippen LogP contribution is 2.35. The van der Waals surface area contributed by atoms with E-state index in [2.05, 4.69) is 30.1 Å².